The minimum Gasteiger partial charge on any atom is -0.338 e. The Morgan fingerprint density at radius 2 is 2.17 bits per heavy atom. The molecular formula is C19H26ClN3O. The zero-order valence-corrected chi connectivity index (χ0v) is 14.8. The molecule has 0 aromatic heterocycles. The summed E-state index contributed by atoms with van der Waals surface area (Å²) in [7, 11) is 0. The molecule has 130 valence electrons. The molecule has 0 spiro atoms. The fourth-order valence-electron chi connectivity index (χ4n) is 3.32. The second kappa shape index (κ2) is 8.04. The molecule has 0 radical (unpaired) electrons. The number of carbonyl (C=O) groups excluding carboxylic acids is 1. The van der Waals surface area contributed by atoms with Crippen molar-refractivity contribution in [3.8, 4) is 0 Å². The number of rotatable bonds is 7. The lowest BCUT2D eigenvalue weighted by molar-refractivity contribution is 0.190. The maximum absolute atomic E-state index is 12.6. The molecule has 1 N–H and O–H groups in total. The van der Waals surface area contributed by atoms with Crippen molar-refractivity contribution >= 4 is 17.6 Å². The molecule has 0 bridgehead atoms. The van der Waals surface area contributed by atoms with Crippen LogP contribution in [0.1, 0.15) is 24.8 Å². The van der Waals surface area contributed by atoms with Crippen LogP contribution in [0.15, 0.2) is 36.9 Å². The molecule has 4 nitrogen and oxygen atoms in total. The Balaban J connectivity index is 1.52. The van der Waals surface area contributed by atoms with E-state index in [4.69, 9.17) is 11.6 Å². The van der Waals surface area contributed by atoms with Gasteiger partial charge in [-0.2, -0.15) is 0 Å². The van der Waals surface area contributed by atoms with Gasteiger partial charge in [0.1, 0.15) is 0 Å². The van der Waals surface area contributed by atoms with E-state index in [-0.39, 0.29) is 6.03 Å². The summed E-state index contributed by atoms with van der Waals surface area (Å²) in [6.07, 6.45) is 5.27. The lowest BCUT2D eigenvalue weighted by Gasteiger charge is -2.24. The molecule has 1 aliphatic carbocycles. The number of likely N-dealkylation sites (tertiary alicyclic amines) is 1. The molecule has 1 aliphatic heterocycles. The van der Waals surface area contributed by atoms with Crippen molar-refractivity contribution in [3.63, 3.8) is 0 Å². The molecule has 1 saturated heterocycles. The van der Waals surface area contributed by atoms with Crippen LogP contribution in [0.5, 0.6) is 0 Å². The highest BCUT2D eigenvalue weighted by Crippen LogP contribution is 2.30. The summed E-state index contributed by atoms with van der Waals surface area (Å²) in [4.78, 5) is 17.0. The molecular weight excluding hydrogens is 322 g/mol. The molecule has 0 unspecified atom stereocenters. The predicted octanol–water partition coefficient (Wildman–Crippen LogP) is 3.52. The maximum atomic E-state index is 12.6. The average molecular weight is 348 g/mol. The van der Waals surface area contributed by atoms with Crippen LogP contribution in [-0.2, 0) is 6.54 Å². The molecule has 2 amide bonds. The van der Waals surface area contributed by atoms with Gasteiger partial charge in [-0.25, -0.2) is 4.79 Å². The fraction of sp³-hybridized carbons (Fsp3) is 0.526. The van der Waals surface area contributed by atoms with Crippen molar-refractivity contribution in [2.45, 2.75) is 31.8 Å². The number of hydrogen-bond donors (Lipinski definition) is 1. The monoisotopic (exact) mass is 347 g/mol. The van der Waals surface area contributed by atoms with Crippen molar-refractivity contribution in [3.05, 3.63) is 47.5 Å². The summed E-state index contributed by atoms with van der Waals surface area (Å²) in [5.41, 5.74) is 1.01. The molecule has 1 heterocycles. The van der Waals surface area contributed by atoms with Crippen molar-refractivity contribution in [2.75, 3.05) is 26.2 Å². The Morgan fingerprint density at radius 3 is 2.88 bits per heavy atom. The average Bonchev–Trinajstić information content (AvgIpc) is 3.32. The van der Waals surface area contributed by atoms with Gasteiger partial charge in [0, 0.05) is 37.2 Å². The first-order valence-corrected chi connectivity index (χ1v) is 9.16. The van der Waals surface area contributed by atoms with Crippen LogP contribution in [0.25, 0.3) is 0 Å². The highest BCUT2D eigenvalue weighted by atomic mass is 35.5. The highest BCUT2D eigenvalue weighted by molar-refractivity contribution is 6.31. The van der Waals surface area contributed by atoms with Gasteiger partial charge in [0.15, 0.2) is 0 Å². The third kappa shape index (κ3) is 4.52. The van der Waals surface area contributed by atoms with Crippen molar-refractivity contribution in [1.29, 1.82) is 0 Å². The van der Waals surface area contributed by atoms with Gasteiger partial charge in [-0.3, -0.25) is 4.90 Å². The first kappa shape index (κ1) is 17.3. The lowest BCUT2D eigenvalue weighted by Crippen LogP contribution is -2.43. The lowest BCUT2D eigenvalue weighted by atomic mass is 10.1. The number of urea groups is 1. The first-order valence-electron chi connectivity index (χ1n) is 8.78. The quantitative estimate of drug-likeness (QED) is 0.766. The Labute approximate surface area is 149 Å². The van der Waals surface area contributed by atoms with E-state index in [9.17, 15) is 4.79 Å². The van der Waals surface area contributed by atoms with Gasteiger partial charge in [0.2, 0.25) is 0 Å². The summed E-state index contributed by atoms with van der Waals surface area (Å²) >= 11 is 6.25. The van der Waals surface area contributed by atoms with E-state index >= 15 is 0 Å². The Bertz CT molecular complexity index is 588. The number of hydrogen-bond acceptors (Lipinski definition) is 2. The standard InChI is InChI=1S/C19H26ClN3O/c1-2-10-22-11-9-15(13-22)12-21-19(24)23(17-7-8-17)14-16-5-3-4-6-18(16)20/h2-6,15,17H,1,7-14H2,(H,21,24)/t15-/m1/s1. The van der Waals surface area contributed by atoms with E-state index in [1.165, 1.54) is 0 Å². The van der Waals surface area contributed by atoms with Crippen LogP contribution in [-0.4, -0.2) is 48.1 Å². The predicted molar refractivity (Wildman–Crippen MR) is 98.2 cm³/mol. The van der Waals surface area contributed by atoms with Crippen LogP contribution in [0.4, 0.5) is 4.79 Å². The molecule has 1 saturated carbocycles. The summed E-state index contributed by atoms with van der Waals surface area (Å²) in [6, 6.07) is 8.17. The zero-order chi connectivity index (χ0) is 16.9. The van der Waals surface area contributed by atoms with Gasteiger partial charge in [-0.05, 0) is 43.4 Å². The van der Waals surface area contributed by atoms with E-state index in [0.29, 0.717) is 18.5 Å². The van der Waals surface area contributed by atoms with Crippen LogP contribution >= 0.6 is 11.6 Å². The second-order valence-corrected chi connectivity index (χ2v) is 7.25. The molecule has 1 aromatic rings. The molecule has 3 rings (SSSR count). The molecule has 2 fully saturated rings. The number of halogens is 1. The van der Waals surface area contributed by atoms with Gasteiger partial charge in [-0.15, -0.1) is 6.58 Å². The number of benzene rings is 1. The Kier molecular flexibility index (Phi) is 5.80. The number of carbonyl (C=O) groups is 1. The highest BCUT2D eigenvalue weighted by Gasteiger charge is 2.33. The minimum absolute atomic E-state index is 0.0413. The van der Waals surface area contributed by atoms with Crippen LogP contribution in [0, 0.1) is 5.92 Å². The molecule has 2 aliphatic rings. The number of amides is 2. The first-order chi connectivity index (χ1) is 11.7. The number of nitrogens with one attached hydrogen (secondary N) is 1. The third-order valence-corrected chi connectivity index (χ3v) is 5.21. The topological polar surface area (TPSA) is 35.6 Å². The van der Waals surface area contributed by atoms with Crippen LogP contribution < -0.4 is 5.32 Å². The second-order valence-electron chi connectivity index (χ2n) is 6.84. The van der Waals surface area contributed by atoms with E-state index in [0.717, 1.165) is 56.0 Å². The van der Waals surface area contributed by atoms with Gasteiger partial charge >= 0.3 is 6.03 Å². The Hall–Kier alpha value is -1.52. The molecule has 24 heavy (non-hydrogen) atoms. The fourth-order valence-corrected chi connectivity index (χ4v) is 3.52. The molecule has 5 heteroatoms. The summed E-state index contributed by atoms with van der Waals surface area (Å²) in [6.45, 7) is 8.20. The third-order valence-electron chi connectivity index (χ3n) is 4.85. The van der Waals surface area contributed by atoms with Gasteiger partial charge < -0.3 is 10.2 Å². The minimum atomic E-state index is 0.0413. The Morgan fingerprint density at radius 1 is 1.38 bits per heavy atom. The van der Waals surface area contributed by atoms with E-state index in [1.807, 2.05) is 35.2 Å². The molecule has 1 aromatic carbocycles. The summed E-state index contributed by atoms with van der Waals surface area (Å²) in [5, 5.41) is 3.87. The summed E-state index contributed by atoms with van der Waals surface area (Å²) < 4.78 is 0. The number of nitrogens with zero attached hydrogens (tertiary/aromatic N) is 2. The van der Waals surface area contributed by atoms with E-state index < -0.39 is 0 Å². The van der Waals surface area contributed by atoms with Gasteiger partial charge in [0.25, 0.3) is 0 Å². The zero-order valence-electron chi connectivity index (χ0n) is 14.1. The van der Waals surface area contributed by atoms with Crippen molar-refractivity contribution < 1.29 is 4.79 Å². The normalized spacial score (nSPS) is 20.8. The largest absolute Gasteiger partial charge is 0.338 e. The van der Waals surface area contributed by atoms with Crippen LogP contribution in [0.2, 0.25) is 5.02 Å². The summed E-state index contributed by atoms with van der Waals surface area (Å²) in [5.74, 6) is 0.537. The van der Waals surface area contributed by atoms with Gasteiger partial charge in [-0.1, -0.05) is 35.9 Å². The van der Waals surface area contributed by atoms with Crippen LogP contribution in [0.3, 0.4) is 0 Å². The van der Waals surface area contributed by atoms with Crippen molar-refractivity contribution in [1.82, 2.24) is 15.1 Å². The van der Waals surface area contributed by atoms with E-state index in [1.54, 1.807) is 0 Å². The maximum Gasteiger partial charge on any atom is 0.317 e. The van der Waals surface area contributed by atoms with Gasteiger partial charge in [0.05, 0.1) is 0 Å². The van der Waals surface area contributed by atoms with Crippen molar-refractivity contribution in [2.24, 2.45) is 5.92 Å². The SMILES string of the molecule is C=CCN1CC[C@H](CNC(=O)N(Cc2ccccc2Cl)C2CC2)C1. The molecule has 1 atom stereocenters. The van der Waals surface area contributed by atoms with E-state index in [2.05, 4.69) is 16.8 Å². The smallest absolute Gasteiger partial charge is 0.317 e.